The Morgan fingerprint density at radius 1 is 1.28 bits per heavy atom. The van der Waals surface area contributed by atoms with Gasteiger partial charge in [-0.2, -0.15) is 0 Å². The minimum Gasteiger partial charge on any atom is -0.375 e. The van der Waals surface area contributed by atoms with Gasteiger partial charge in [0.1, 0.15) is 0 Å². The van der Waals surface area contributed by atoms with Crippen molar-refractivity contribution in [3.63, 3.8) is 0 Å². The van der Waals surface area contributed by atoms with Gasteiger partial charge in [0.2, 0.25) is 0 Å². The highest BCUT2D eigenvalue weighted by molar-refractivity contribution is 4.92. The Morgan fingerprint density at radius 2 is 2.00 bits per heavy atom. The van der Waals surface area contributed by atoms with Gasteiger partial charge in [-0.3, -0.25) is 0 Å². The predicted octanol–water partition coefficient (Wildman–Crippen LogP) is 2.41. The van der Waals surface area contributed by atoms with Gasteiger partial charge in [-0.05, 0) is 46.7 Å². The van der Waals surface area contributed by atoms with Gasteiger partial charge < -0.3 is 15.0 Å². The number of likely N-dealkylation sites (N-methyl/N-ethyl adjacent to an activating group) is 1. The van der Waals surface area contributed by atoms with Crippen molar-refractivity contribution < 1.29 is 4.74 Å². The number of nitrogens with zero attached hydrogens (tertiary/aromatic N) is 1. The van der Waals surface area contributed by atoms with Crippen LogP contribution in [0.5, 0.6) is 0 Å². The summed E-state index contributed by atoms with van der Waals surface area (Å²) in [6.07, 6.45) is 9.10. The molecule has 1 aliphatic carbocycles. The van der Waals surface area contributed by atoms with Crippen molar-refractivity contribution in [3.05, 3.63) is 0 Å². The van der Waals surface area contributed by atoms with Crippen molar-refractivity contribution >= 4 is 0 Å². The monoisotopic (exact) mass is 254 g/mol. The molecule has 3 heteroatoms. The first-order chi connectivity index (χ1) is 8.60. The van der Waals surface area contributed by atoms with E-state index in [-0.39, 0.29) is 5.60 Å². The maximum absolute atomic E-state index is 6.15. The minimum atomic E-state index is 0.228. The second-order valence-electron chi connectivity index (χ2n) is 6.61. The van der Waals surface area contributed by atoms with Gasteiger partial charge in [0.15, 0.2) is 0 Å². The molecule has 3 nitrogen and oxygen atoms in total. The second-order valence-corrected chi connectivity index (χ2v) is 6.61. The Labute approximate surface area is 112 Å². The molecule has 2 unspecified atom stereocenters. The van der Waals surface area contributed by atoms with Crippen LogP contribution in [0.1, 0.15) is 51.9 Å². The van der Waals surface area contributed by atoms with Crippen molar-refractivity contribution in [3.8, 4) is 0 Å². The third-order valence-electron chi connectivity index (χ3n) is 4.42. The SMILES string of the molecule is CC(CN(C)C)NC1CCOC2(CCCCC2)C1. The van der Waals surface area contributed by atoms with E-state index in [1.165, 1.54) is 44.9 Å². The van der Waals surface area contributed by atoms with Gasteiger partial charge in [-0.15, -0.1) is 0 Å². The highest BCUT2D eigenvalue weighted by Gasteiger charge is 2.38. The molecular formula is C15H30N2O. The quantitative estimate of drug-likeness (QED) is 0.834. The summed E-state index contributed by atoms with van der Waals surface area (Å²) in [7, 11) is 4.29. The Hall–Kier alpha value is -0.120. The van der Waals surface area contributed by atoms with E-state index in [0.29, 0.717) is 12.1 Å². The van der Waals surface area contributed by atoms with Crippen LogP contribution in [0, 0.1) is 0 Å². The van der Waals surface area contributed by atoms with Crippen LogP contribution in [-0.4, -0.2) is 49.8 Å². The van der Waals surface area contributed by atoms with Gasteiger partial charge in [-0.25, -0.2) is 0 Å². The molecule has 1 saturated carbocycles. The van der Waals surface area contributed by atoms with Crippen LogP contribution >= 0.6 is 0 Å². The van der Waals surface area contributed by atoms with E-state index >= 15 is 0 Å². The Morgan fingerprint density at radius 3 is 2.67 bits per heavy atom. The van der Waals surface area contributed by atoms with Gasteiger partial charge in [0, 0.05) is 25.2 Å². The van der Waals surface area contributed by atoms with Crippen molar-refractivity contribution in [1.82, 2.24) is 10.2 Å². The molecule has 0 radical (unpaired) electrons. The molecule has 2 rings (SSSR count). The molecule has 0 aromatic carbocycles. The molecular weight excluding hydrogens is 224 g/mol. The largest absolute Gasteiger partial charge is 0.375 e. The van der Waals surface area contributed by atoms with E-state index in [1.54, 1.807) is 0 Å². The number of nitrogens with one attached hydrogen (secondary N) is 1. The molecule has 2 fully saturated rings. The summed E-state index contributed by atoms with van der Waals surface area (Å²) in [5, 5.41) is 3.80. The maximum Gasteiger partial charge on any atom is 0.0697 e. The fourth-order valence-corrected chi connectivity index (χ4v) is 3.72. The molecule has 1 aliphatic heterocycles. The molecule has 0 aromatic rings. The lowest BCUT2D eigenvalue weighted by Crippen LogP contribution is -2.51. The fraction of sp³-hybridized carbons (Fsp3) is 1.00. The van der Waals surface area contributed by atoms with Gasteiger partial charge in [0.05, 0.1) is 5.60 Å². The van der Waals surface area contributed by atoms with Crippen molar-refractivity contribution in [2.24, 2.45) is 0 Å². The third-order valence-corrected chi connectivity index (χ3v) is 4.42. The zero-order chi connectivity index (χ0) is 13.0. The molecule has 1 saturated heterocycles. The van der Waals surface area contributed by atoms with Crippen LogP contribution in [0.25, 0.3) is 0 Å². The van der Waals surface area contributed by atoms with Crippen LogP contribution in [0.15, 0.2) is 0 Å². The summed E-state index contributed by atoms with van der Waals surface area (Å²) in [4.78, 5) is 2.26. The fourth-order valence-electron chi connectivity index (χ4n) is 3.72. The van der Waals surface area contributed by atoms with Crippen LogP contribution in [0.2, 0.25) is 0 Å². The van der Waals surface area contributed by atoms with E-state index in [4.69, 9.17) is 4.74 Å². The molecule has 0 amide bonds. The number of hydrogen-bond donors (Lipinski definition) is 1. The van der Waals surface area contributed by atoms with Gasteiger partial charge in [0.25, 0.3) is 0 Å². The molecule has 0 aromatic heterocycles. The second kappa shape index (κ2) is 6.36. The van der Waals surface area contributed by atoms with Crippen molar-refractivity contribution in [1.29, 1.82) is 0 Å². The van der Waals surface area contributed by atoms with E-state index in [2.05, 4.69) is 31.2 Å². The molecule has 106 valence electrons. The molecule has 1 N–H and O–H groups in total. The van der Waals surface area contributed by atoms with E-state index in [9.17, 15) is 0 Å². The Balaban J connectivity index is 1.82. The summed E-state index contributed by atoms with van der Waals surface area (Å²) in [6.45, 7) is 4.36. The summed E-state index contributed by atoms with van der Waals surface area (Å²) >= 11 is 0. The summed E-state index contributed by atoms with van der Waals surface area (Å²) in [5.41, 5.74) is 0.228. The lowest BCUT2D eigenvalue weighted by molar-refractivity contribution is -0.110. The lowest BCUT2D eigenvalue weighted by Gasteiger charge is -2.44. The maximum atomic E-state index is 6.15. The normalized spacial score (nSPS) is 29.7. The Bertz CT molecular complexity index is 243. The molecule has 1 spiro atoms. The molecule has 18 heavy (non-hydrogen) atoms. The van der Waals surface area contributed by atoms with Crippen LogP contribution in [-0.2, 0) is 4.74 Å². The summed E-state index contributed by atoms with van der Waals surface area (Å²) in [5.74, 6) is 0. The van der Waals surface area contributed by atoms with Crippen LogP contribution < -0.4 is 5.32 Å². The average molecular weight is 254 g/mol. The molecule has 1 heterocycles. The van der Waals surface area contributed by atoms with Gasteiger partial charge in [-0.1, -0.05) is 19.3 Å². The minimum absolute atomic E-state index is 0.228. The van der Waals surface area contributed by atoms with Crippen molar-refractivity contribution in [2.75, 3.05) is 27.2 Å². The molecule has 0 bridgehead atoms. The van der Waals surface area contributed by atoms with Crippen LogP contribution in [0.3, 0.4) is 0 Å². The first kappa shape index (κ1) is 14.3. The topological polar surface area (TPSA) is 24.5 Å². The highest BCUT2D eigenvalue weighted by atomic mass is 16.5. The zero-order valence-corrected chi connectivity index (χ0v) is 12.4. The lowest BCUT2D eigenvalue weighted by atomic mass is 9.78. The van der Waals surface area contributed by atoms with Crippen molar-refractivity contribution in [2.45, 2.75) is 69.6 Å². The first-order valence-electron chi connectivity index (χ1n) is 7.64. The smallest absolute Gasteiger partial charge is 0.0697 e. The number of rotatable bonds is 4. The predicted molar refractivity (Wildman–Crippen MR) is 75.9 cm³/mol. The zero-order valence-electron chi connectivity index (χ0n) is 12.4. The number of ether oxygens (including phenoxy) is 1. The molecule has 2 aliphatic rings. The summed E-state index contributed by atoms with van der Waals surface area (Å²) < 4.78 is 6.15. The Kier molecular flexibility index (Phi) is 5.05. The first-order valence-corrected chi connectivity index (χ1v) is 7.64. The standard InChI is InChI=1S/C15H30N2O/c1-13(12-17(2)3)16-14-7-10-18-15(11-14)8-5-4-6-9-15/h13-14,16H,4-12H2,1-3H3. The highest BCUT2D eigenvalue weighted by Crippen LogP contribution is 2.38. The average Bonchev–Trinajstić information content (AvgIpc) is 2.28. The van der Waals surface area contributed by atoms with Gasteiger partial charge >= 0.3 is 0 Å². The number of hydrogen-bond acceptors (Lipinski definition) is 3. The van der Waals surface area contributed by atoms with E-state index in [0.717, 1.165) is 13.2 Å². The van der Waals surface area contributed by atoms with E-state index in [1.807, 2.05) is 0 Å². The third kappa shape index (κ3) is 3.94. The summed E-state index contributed by atoms with van der Waals surface area (Å²) in [6, 6.07) is 1.23. The van der Waals surface area contributed by atoms with E-state index < -0.39 is 0 Å². The molecule has 2 atom stereocenters. The van der Waals surface area contributed by atoms with Crippen LogP contribution in [0.4, 0.5) is 0 Å².